The van der Waals surface area contributed by atoms with E-state index < -0.39 is 34.0 Å². The van der Waals surface area contributed by atoms with Crippen LogP contribution < -0.4 is 30.3 Å². The van der Waals surface area contributed by atoms with Crippen LogP contribution in [0.5, 0.6) is 23.0 Å². The SMILES string of the molecule is COc1cc(C(=O)NCC[S+](C)c2c([O-])c3cc(F)ccc3oc2=O)cc(OC)c1OC. The first-order valence-corrected chi connectivity index (χ1v) is 11.2. The molecule has 0 aliphatic rings. The number of halogens is 1. The molecule has 1 N–H and O–H groups in total. The minimum Gasteiger partial charge on any atom is -0.868 e. The number of amides is 1. The third-order valence-corrected chi connectivity index (χ3v) is 6.62. The second-order valence-corrected chi connectivity index (χ2v) is 8.79. The molecule has 1 heterocycles. The van der Waals surface area contributed by atoms with Gasteiger partial charge in [-0.3, -0.25) is 4.79 Å². The van der Waals surface area contributed by atoms with Crippen molar-refractivity contribution >= 4 is 27.8 Å². The number of nitrogens with one attached hydrogen (secondary N) is 1. The molecule has 3 rings (SSSR count). The van der Waals surface area contributed by atoms with Gasteiger partial charge in [-0.05, 0) is 36.1 Å². The molecule has 0 aliphatic carbocycles. The molecule has 1 amide bonds. The summed E-state index contributed by atoms with van der Waals surface area (Å²) in [5, 5.41) is 15.5. The lowest BCUT2D eigenvalue weighted by atomic mass is 10.1. The Bertz CT molecular complexity index is 1190. The van der Waals surface area contributed by atoms with Gasteiger partial charge in [0.25, 0.3) is 5.91 Å². The summed E-state index contributed by atoms with van der Waals surface area (Å²) in [5.41, 5.74) is -0.422. The number of hydrogen-bond donors (Lipinski definition) is 1. The van der Waals surface area contributed by atoms with Crippen LogP contribution >= 0.6 is 0 Å². The number of benzene rings is 2. The minimum atomic E-state index is -0.834. The summed E-state index contributed by atoms with van der Waals surface area (Å²) in [4.78, 5) is 24.9. The molecule has 1 atom stereocenters. The highest BCUT2D eigenvalue weighted by Gasteiger charge is 2.25. The highest BCUT2D eigenvalue weighted by atomic mass is 32.2. The van der Waals surface area contributed by atoms with E-state index in [0.717, 1.165) is 12.1 Å². The molecule has 0 fully saturated rings. The first kappa shape index (κ1) is 23.3. The average molecular weight is 463 g/mol. The fourth-order valence-corrected chi connectivity index (χ4v) is 4.53. The second kappa shape index (κ2) is 9.82. The van der Waals surface area contributed by atoms with Crippen LogP contribution in [-0.4, -0.2) is 45.8 Å². The number of carbonyl (C=O) groups is 1. The molecule has 0 aliphatic heterocycles. The normalized spacial score (nSPS) is 11.8. The van der Waals surface area contributed by atoms with Crippen LogP contribution in [0.3, 0.4) is 0 Å². The zero-order valence-corrected chi connectivity index (χ0v) is 18.8. The number of carbonyl (C=O) groups excluding carboxylic acids is 1. The Morgan fingerprint density at radius 2 is 1.78 bits per heavy atom. The van der Waals surface area contributed by atoms with Gasteiger partial charge in [-0.1, -0.05) is 0 Å². The molecule has 1 aromatic heterocycles. The van der Waals surface area contributed by atoms with E-state index in [-0.39, 0.29) is 22.4 Å². The Kier molecular flexibility index (Phi) is 7.14. The molecule has 0 spiro atoms. The van der Waals surface area contributed by atoms with Crippen molar-refractivity contribution in [2.24, 2.45) is 0 Å². The van der Waals surface area contributed by atoms with Crippen LogP contribution in [0.25, 0.3) is 11.0 Å². The van der Waals surface area contributed by atoms with Gasteiger partial charge in [0.1, 0.15) is 23.4 Å². The minimum absolute atomic E-state index is 0.0143. The van der Waals surface area contributed by atoms with Crippen LogP contribution in [0.15, 0.2) is 44.4 Å². The van der Waals surface area contributed by atoms with Gasteiger partial charge in [-0.15, -0.1) is 0 Å². The lowest BCUT2D eigenvalue weighted by Crippen LogP contribution is -2.30. The summed E-state index contributed by atoms with van der Waals surface area (Å²) < 4.78 is 34.4. The van der Waals surface area contributed by atoms with Crippen molar-refractivity contribution in [1.82, 2.24) is 5.32 Å². The molecular weight excluding hydrogens is 441 g/mol. The number of fused-ring (bicyclic) bond motifs is 1. The van der Waals surface area contributed by atoms with Crippen molar-refractivity contribution in [1.29, 1.82) is 0 Å². The van der Waals surface area contributed by atoms with Gasteiger partial charge >= 0.3 is 5.63 Å². The summed E-state index contributed by atoms with van der Waals surface area (Å²) in [6.45, 7) is 0.190. The molecule has 10 heteroatoms. The summed E-state index contributed by atoms with van der Waals surface area (Å²) in [6, 6.07) is 6.46. The molecule has 0 radical (unpaired) electrons. The molecular formula is C22H22FNO7S. The van der Waals surface area contributed by atoms with Crippen LogP contribution in [0.2, 0.25) is 0 Å². The van der Waals surface area contributed by atoms with Gasteiger partial charge in [0.15, 0.2) is 11.5 Å². The van der Waals surface area contributed by atoms with Gasteiger partial charge in [0.05, 0.1) is 27.9 Å². The fraction of sp³-hybridized carbons (Fsp3) is 0.273. The maximum atomic E-state index is 13.5. The quantitative estimate of drug-likeness (QED) is 0.402. The third kappa shape index (κ3) is 4.59. The van der Waals surface area contributed by atoms with Crippen LogP contribution in [0.1, 0.15) is 10.4 Å². The van der Waals surface area contributed by atoms with Gasteiger partial charge in [-0.25, -0.2) is 9.18 Å². The van der Waals surface area contributed by atoms with Crippen molar-refractivity contribution in [3.8, 4) is 23.0 Å². The summed E-state index contributed by atoms with van der Waals surface area (Å²) in [5.74, 6) is -0.189. The molecule has 3 aromatic rings. The average Bonchev–Trinajstić information content (AvgIpc) is 2.78. The van der Waals surface area contributed by atoms with E-state index in [2.05, 4.69) is 5.32 Å². The standard InChI is InChI=1S/C22H22FNO7S/c1-28-16-9-12(10-17(29-2)19(16)30-3)21(26)24-7-8-32(4)20-18(25)14-11-13(23)5-6-15(14)31-22(20)27/h5-6,9-11H,7-8H2,1-4H3,(H-,24,25,26,27). The van der Waals surface area contributed by atoms with Gasteiger partial charge in [0.2, 0.25) is 10.6 Å². The Balaban J connectivity index is 1.75. The van der Waals surface area contributed by atoms with Crippen LogP contribution in [-0.2, 0) is 10.9 Å². The second-order valence-electron chi connectivity index (χ2n) is 6.70. The predicted molar refractivity (Wildman–Crippen MR) is 117 cm³/mol. The van der Waals surface area contributed by atoms with Crippen LogP contribution in [0.4, 0.5) is 4.39 Å². The van der Waals surface area contributed by atoms with E-state index >= 15 is 0 Å². The van der Waals surface area contributed by atoms with Crippen molar-refractivity contribution in [3.63, 3.8) is 0 Å². The summed E-state index contributed by atoms with van der Waals surface area (Å²) >= 11 is 0. The zero-order valence-electron chi connectivity index (χ0n) is 17.9. The van der Waals surface area contributed by atoms with E-state index in [4.69, 9.17) is 18.6 Å². The van der Waals surface area contributed by atoms with E-state index in [1.165, 1.54) is 39.5 Å². The molecule has 32 heavy (non-hydrogen) atoms. The highest BCUT2D eigenvalue weighted by Crippen LogP contribution is 2.38. The number of hydrogen-bond acceptors (Lipinski definition) is 7. The van der Waals surface area contributed by atoms with Crippen LogP contribution in [0, 0.1) is 5.82 Å². The lowest BCUT2D eigenvalue weighted by Gasteiger charge is -2.15. The van der Waals surface area contributed by atoms with Crippen molar-refractivity contribution in [2.75, 3.05) is 39.9 Å². The highest BCUT2D eigenvalue weighted by molar-refractivity contribution is 7.96. The van der Waals surface area contributed by atoms with E-state index in [9.17, 15) is 19.1 Å². The Morgan fingerprint density at radius 1 is 1.12 bits per heavy atom. The van der Waals surface area contributed by atoms with E-state index in [1.54, 1.807) is 6.26 Å². The van der Waals surface area contributed by atoms with Crippen molar-refractivity contribution in [2.45, 2.75) is 4.90 Å². The Hall–Kier alpha value is -3.40. The number of ether oxygens (including phenoxy) is 3. The lowest BCUT2D eigenvalue weighted by molar-refractivity contribution is -0.270. The van der Waals surface area contributed by atoms with Gasteiger partial charge < -0.3 is 29.1 Å². The third-order valence-electron chi connectivity index (χ3n) is 4.75. The van der Waals surface area contributed by atoms with Gasteiger partial charge in [-0.2, -0.15) is 0 Å². The largest absolute Gasteiger partial charge is 0.868 e. The molecule has 2 aromatic carbocycles. The molecule has 8 nitrogen and oxygen atoms in total. The first-order valence-electron chi connectivity index (χ1n) is 9.44. The van der Waals surface area contributed by atoms with E-state index in [0.29, 0.717) is 28.6 Å². The predicted octanol–water partition coefficient (Wildman–Crippen LogP) is 2.07. The number of rotatable bonds is 8. The van der Waals surface area contributed by atoms with Crippen molar-refractivity contribution in [3.05, 3.63) is 52.1 Å². The zero-order chi connectivity index (χ0) is 23.4. The molecule has 0 saturated carbocycles. The smallest absolute Gasteiger partial charge is 0.391 e. The summed E-state index contributed by atoms with van der Waals surface area (Å²) in [6.07, 6.45) is 1.70. The molecule has 170 valence electrons. The van der Waals surface area contributed by atoms with Crippen molar-refractivity contribution < 1.29 is 32.9 Å². The maximum absolute atomic E-state index is 13.5. The molecule has 0 bridgehead atoms. The Labute approximate surface area is 186 Å². The molecule has 1 unspecified atom stereocenters. The molecule has 0 saturated heterocycles. The fourth-order valence-electron chi connectivity index (χ4n) is 3.16. The van der Waals surface area contributed by atoms with Gasteiger partial charge in [0, 0.05) is 21.8 Å². The Morgan fingerprint density at radius 3 is 2.38 bits per heavy atom. The maximum Gasteiger partial charge on any atom is 0.391 e. The first-order chi connectivity index (χ1) is 15.3. The van der Waals surface area contributed by atoms with E-state index in [1.807, 2.05) is 0 Å². The monoisotopic (exact) mass is 463 g/mol. The summed E-state index contributed by atoms with van der Waals surface area (Å²) in [7, 11) is 3.52. The number of methoxy groups -OCH3 is 3. The topological polar surface area (TPSA) is 110 Å².